The molecule has 2 N–H and O–H groups in total. The van der Waals surface area contributed by atoms with Crippen molar-refractivity contribution in [3.8, 4) is 11.5 Å². The molecule has 2 aliphatic heterocycles. The monoisotopic (exact) mass is 366 g/mol. The lowest BCUT2D eigenvalue weighted by Crippen LogP contribution is -2.60. The summed E-state index contributed by atoms with van der Waals surface area (Å²) in [6.45, 7) is 9.92. The second-order valence-corrected chi connectivity index (χ2v) is 8.63. The molecule has 0 radical (unpaired) electrons. The molecular formula is C23H30N2O2. The highest BCUT2D eigenvalue weighted by Crippen LogP contribution is 2.43. The maximum absolute atomic E-state index is 9.97. The van der Waals surface area contributed by atoms with Gasteiger partial charge in [0.15, 0.2) is 0 Å². The number of piperazine rings is 1. The lowest BCUT2D eigenvalue weighted by atomic mass is 9.65. The van der Waals surface area contributed by atoms with Gasteiger partial charge in [-0.3, -0.25) is 9.80 Å². The lowest BCUT2D eigenvalue weighted by molar-refractivity contribution is -0.00558. The zero-order valence-electron chi connectivity index (χ0n) is 16.3. The Morgan fingerprint density at radius 2 is 1.74 bits per heavy atom. The maximum atomic E-state index is 9.97. The number of aromatic hydroxyl groups is 2. The second-order valence-electron chi connectivity index (χ2n) is 8.63. The van der Waals surface area contributed by atoms with Crippen LogP contribution in [0.2, 0.25) is 0 Å². The van der Waals surface area contributed by atoms with Gasteiger partial charge < -0.3 is 10.2 Å². The highest BCUT2D eigenvalue weighted by atomic mass is 16.3. The first kappa shape index (κ1) is 18.3. The molecule has 2 aliphatic rings. The van der Waals surface area contributed by atoms with Crippen molar-refractivity contribution >= 4 is 0 Å². The predicted molar refractivity (Wildman–Crippen MR) is 108 cm³/mol. The Kier molecular flexibility index (Phi) is 4.87. The lowest BCUT2D eigenvalue weighted by Gasteiger charge is -2.53. The first-order chi connectivity index (χ1) is 12.9. The largest absolute Gasteiger partial charge is 0.508 e. The molecule has 0 saturated carbocycles. The number of phenols is 2. The zero-order chi connectivity index (χ0) is 19.0. The van der Waals surface area contributed by atoms with Crippen LogP contribution in [0.15, 0.2) is 48.5 Å². The van der Waals surface area contributed by atoms with E-state index in [1.54, 1.807) is 12.1 Å². The van der Waals surface area contributed by atoms with Gasteiger partial charge in [0.25, 0.3) is 0 Å². The molecule has 4 heteroatoms. The molecule has 2 heterocycles. The van der Waals surface area contributed by atoms with Gasteiger partial charge in [0.1, 0.15) is 11.5 Å². The minimum atomic E-state index is 0.0773. The van der Waals surface area contributed by atoms with E-state index in [1.165, 1.54) is 11.1 Å². The Labute approximate surface area is 162 Å². The Bertz CT molecular complexity index is 808. The van der Waals surface area contributed by atoms with E-state index in [4.69, 9.17) is 0 Å². The number of phenolic OH excluding ortho intramolecular Hbond substituents is 2. The summed E-state index contributed by atoms with van der Waals surface area (Å²) >= 11 is 0. The van der Waals surface area contributed by atoms with Crippen LogP contribution in [0, 0.1) is 5.92 Å². The molecule has 0 bridgehead atoms. The van der Waals surface area contributed by atoms with Crippen molar-refractivity contribution in [1.29, 1.82) is 0 Å². The molecule has 0 aliphatic carbocycles. The van der Waals surface area contributed by atoms with Crippen LogP contribution in [-0.4, -0.2) is 52.2 Å². The molecule has 4 nitrogen and oxygen atoms in total. The van der Waals surface area contributed by atoms with Gasteiger partial charge in [0, 0.05) is 38.8 Å². The van der Waals surface area contributed by atoms with Crippen LogP contribution in [0.3, 0.4) is 0 Å². The molecular weight excluding hydrogens is 336 g/mol. The van der Waals surface area contributed by atoms with Crippen LogP contribution in [0.1, 0.15) is 31.4 Å². The van der Waals surface area contributed by atoms with Gasteiger partial charge in [-0.2, -0.15) is 0 Å². The predicted octanol–water partition coefficient (Wildman–Crippen LogP) is 3.58. The molecule has 0 amide bonds. The molecule has 2 aromatic carbocycles. The van der Waals surface area contributed by atoms with Crippen molar-refractivity contribution in [2.45, 2.75) is 38.3 Å². The fraction of sp³-hybridized carbons (Fsp3) is 0.478. The Morgan fingerprint density at radius 1 is 1.00 bits per heavy atom. The van der Waals surface area contributed by atoms with E-state index in [9.17, 15) is 10.2 Å². The van der Waals surface area contributed by atoms with Crippen molar-refractivity contribution in [3.05, 3.63) is 59.7 Å². The van der Waals surface area contributed by atoms with Gasteiger partial charge in [0.05, 0.1) is 0 Å². The smallest absolute Gasteiger partial charge is 0.115 e. The average molecular weight is 367 g/mol. The summed E-state index contributed by atoms with van der Waals surface area (Å²) in [5, 5.41) is 19.7. The quantitative estimate of drug-likeness (QED) is 0.872. The van der Waals surface area contributed by atoms with E-state index in [-0.39, 0.29) is 5.41 Å². The van der Waals surface area contributed by atoms with E-state index in [0.29, 0.717) is 23.5 Å². The van der Waals surface area contributed by atoms with Gasteiger partial charge >= 0.3 is 0 Å². The van der Waals surface area contributed by atoms with Crippen LogP contribution >= 0.6 is 0 Å². The second kappa shape index (κ2) is 7.17. The minimum Gasteiger partial charge on any atom is -0.508 e. The summed E-state index contributed by atoms with van der Waals surface area (Å²) in [5.74, 6) is 1.25. The fourth-order valence-corrected chi connectivity index (χ4v) is 4.96. The maximum Gasteiger partial charge on any atom is 0.115 e. The number of benzene rings is 2. The van der Waals surface area contributed by atoms with Gasteiger partial charge in [-0.05, 0) is 53.1 Å². The molecule has 0 unspecified atom stereocenters. The third kappa shape index (κ3) is 3.69. The van der Waals surface area contributed by atoms with E-state index in [0.717, 1.165) is 39.1 Å². The van der Waals surface area contributed by atoms with E-state index >= 15 is 0 Å². The Morgan fingerprint density at radius 3 is 2.48 bits per heavy atom. The summed E-state index contributed by atoms with van der Waals surface area (Å²) in [7, 11) is 0. The van der Waals surface area contributed by atoms with Crippen LogP contribution in [0.4, 0.5) is 0 Å². The number of hydrogen-bond acceptors (Lipinski definition) is 4. The van der Waals surface area contributed by atoms with Crippen LogP contribution in [0.25, 0.3) is 0 Å². The minimum absolute atomic E-state index is 0.0773. The number of fused-ring (bicyclic) bond motifs is 1. The van der Waals surface area contributed by atoms with E-state index < -0.39 is 0 Å². The van der Waals surface area contributed by atoms with E-state index in [2.05, 4.69) is 35.8 Å². The summed E-state index contributed by atoms with van der Waals surface area (Å²) in [6, 6.07) is 16.0. The number of rotatable bonds is 3. The van der Waals surface area contributed by atoms with Gasteiger partial charge in [-0.15, -0.1) is 0 Å². The molecule has 4 rings (SSSR count). The van der Waals surface area contributed by atoms with Crippen molar-refractivity contribution in [2.24, 2.45) is 5.92 Å². The standard InChI is InChI=1S/C23H30N2O2/c1-17-14-25-10-9-24(15-18-5-3-7-21(26)11-18)16-20(25)13-23(17,2)19-6-4-8-22(27)12-19/h3-8,11-12,17,20,26-27H,9-10,13-16H2,1-2H3/t17-,20+,23+/m0/s1. The van der Waals surface area contributed by atoms with Crippen molar-refractivity contribution in [2.75, 3.05) is 26.2 Å². The zero-order valence-corrected chi connectivity index (χ0v) is 16.3. The number of nitrogens with zero attached hydrogens (tertiary/aromatic N) is 2. The van der Waals surface area contributed by atoms with Gasteiger partial charge in [-0.25, -0.2) is 0 Å². The average Bonchev–Trinajstić information content (AvgIpc) is 2.63. The Balaban J connectivity index is 1.50. The van der Waals surface area contributed by atoms with Crippen LogP contribution in [-0.2, 0) is 12.0 Å². The van der Waals surface area contributed by atoms with Crippen LogP contribution in [0.5, 0.6) is 11.5 Å². The summed E-state index contributed by atoms with van der Waals surface area (Å²) in [4.78, 5) is 5.16. The molecule has 144 valence electrons. The number of piperidine rings is 1. The first-order valence-corrected chi connectivity index (χ1v) is 9.98. The number of hydrogen-bond donors (Lipinski definition) is 2. The Hall–Kier alpha value is -2.04. The van der Waals surface area contributed by atoms with Crippen molar-refractivity contribution in [1.82, 2.24) is 9.80 Å². The molecule has 2 aromatic rings. The summed E-state index contributed by atoms with van der Waals surface area (Å²) in [5.41, 5.74) is 2.50. The van der Waals surface area contributed by atoms with Gasteiger partial charge in [0.2, 0.25) is 0 Å². The highest BCUT2D eigenvalue weighted by Gasteiger charge is 2.44. The first-order valence-electron chi connectivity index (χ1n) is 9.98. The third-order valence-corrected chi connectivity index (χ3v) is 6.77. The molecule has 27 heavy (non-hydrogen) atoms. The van der Waals surface area contributed by atoms with E-state index in [1.807, 2.05) is 24.3 Å². The van der Waals surface area contributed by atoms with Gasteiger partial charge in [-0.1, -0.05) is 38.1 Å². The highest BCUT2D eigenvalue weighted by molar-refractivity contribution is 5.34. The normalized spacial score (nSPS) is 29.4. The topological polar surface area (TPSA) is 46.9 Å². The molecule has 3 atom stereocenters. The van der Waals surface area contributed by atoms with Crippen molar-refractivity contribution < 1.29 is 10.2 Å². The third-order valence-electron chi connectivity index (χ3n) is 6.77. The SMILES string of the molecule is C[C@H]1CN2CCN(Cc3cccc(O)c3)C[C@H]2C[C@@]1(C)c1cccc(O)c1. The molecule has 0 aromatic heterocycles. The molecule has 2 saturated heterocycles. The fourth-order valence-electron chi connectivity index (χ4n) is 4.96. The summed E-state index contributed by atoms with van der Waals surface area (Å²) in [6.07, 6.45) is 1.11. The summed E-state index contributed by atoms with van der Waals surface area (Å²) < 4.78 is 0. The molecule has 0 spiro atoms. The molecule has 2 fully saturated rings. The van der Waals surface area contributed by atoms with Crippen LogP contribution < -0.4 is 0 Å². The van der Waals surface area contributed by atoms with Crippen molar-refractivity contribution in [3.63, 3.8) is 0 Å².